The van der Waals surface area contributed by atoms with Crippen molar-refractivity contribution in [3.63, 3.8) is 0 Å². The highest BCUT2D eigenvalue weighted by Gasteiger charge is 2.49. The summed E-state index contributed by atoms with van der Waals surface area (Å²) in [5, 5.41) is 0. The average Bonchev–Trinajstić information content (AvgIpc) is 0.689. The van der Waals surface area contributed by atoms with E-state index in [0.717, 1.165) is 38.2 Å². The topological polar surface area (TPSA) is 16.2 Å². The van der Waals surface area contributed by atoms with Gasteiger partial charge in [0.15, 0.2) is 0 Å². The Balaban J connectivity index is 1.00. The summed E-state index contributed by atoms with van der Waals surface area (Å²) in [7, 11) is 0. The minimum Gasteiger partial charge on any atom is -0.310 e. The van der Waals surface area contributed by atoms with Crippen molar-refractivity contribution in [3.8, 4) is 11.1 Å². The van der Waals surface area contributed by atoms with E-state index >= 15 is 35.1 Å². The maximum Gasteiger partial charge on any atom is 0.252 e. The monoisotopic (exact) mass is 1270 g/mol. The Morgan fingerprint density at radius 1 is 0.295 bits per heavy atom. The van der Waals surface area contributed by atoms with E-state index < -0.39 is 60.0 Å². The Labute approximate surface area is 546 Å². The molecule has 13 aromatic rings. The number of halogens is 8. The molecule has 5 nitrogen and oxygen atoms in total. The fraction of sp³-hybridized carbons (Fsp3) is 0.0127. The molecule has 0 N–H and O–H groups in total. The van der Waals surface area contributed by atoms with Gasteiger partial charge in [-0.15, -0.1) is 0 Å². The summed E-state index contributed by atoms with van der Waals surface area (Å²) in [4.78, 5) is 9.65. The van der Waals surface area contributed by atoms with Crippen molar-refractivity contribution < 1.29 is 35.1 Å². The van der Waals surface area contributed by atoms with Crippen LogP contribution in [-0.4, -0.2) is 13.4 Å². The van der Waals surface area contributed by atoms with Gasteiger partial charge < -0.3 is 24.5 Å². The minimum atomic E-state index is -0.861. The van der Waals surface area contributed by atoms with Gasteiger partial charge in [0.25, 0.3) is 6.71 Å². The second-order valence-corrected chi connectivity index (χ2v) is 24.9. The van der Waals surface area contributed by atoms with Crippen molar-refractivity contribution in [1.29, 1.82) is 0 Å². The largest absolute Gasteiger partial charge is 0.310 e. The van der Waals surface area contributed by atoms with Gasteiger partial charge in [-0.25, -0.2) is 35.1 Å². The van der Waals surface area contributed by atoms with Crippen LogP contribution in [0.5, 0.6) is 0 Å². The SMILES string of the molecule is Cc1cccc(-c2ccccc2)c1N1c2cc3c(cc2B2c4ccccc4N(c4c(F)cccc4F)c4cc(N(c5ccccc5)c5c(F)cccc5F)cc1c42)B1c2ccccc2N(c2c(F)cccc2F)c2cc(N(c4ccccc4)c4c(F)cccc4F)cc(c21)S3. The molecule has 0 saturated carbocycles. The summed E-state index contributed by atoms with van der Waals surface area (Å²) in [6.07, 6.45) is 0. The van der Waals surface area contributed by atoms with E-state index in [1.165, 1.54) is 94.4 Å². The maximum atomic E-state index is 17.2. The number of rotatable bonds is 10. The van der Waals surface area contributed by atoms with E-state index in [0.29, 0.717) is 72.2 Å². The summed E-state index contributed by atoms with van der Waals surface area (Å²) in [6.45, 7) is 0.623. The van der Waals surface area contributed by atoms with Gasteiger partial charge in [0, 0.05) is 66.5 Å². The van der Waals surface area contributed by atoms with Crippen LogP contribution < -0.4 is 57.3 Å². The predicted molar refractivity (Wildman–Crippen MR) is 370 cm³/mol. The average molecular weight is 1270 g/mol. The molecule has 17 rings (SSSR count). The fourth-order valence-electron chi connectivity index (χ4n) is 14.7. The number of fused-ring (bicyclic) bond motifs is 8. The van der Waals surface area contributed by atoms with Gasteiger partial charge in [0.1, 0.15) is 69.3 Å². The van der Waals surface area contributed by atoms with E-state index in [4.69, 9.17) is 0 Å². The number of para-hydroxylation sites is 9. The van der Waals surface area contributed by atoms with E-state index in [-0.39, 0.29) is 34.1 Å². The van der Waals surface area contributed by atoms with Crippen molar-refractivity contribution >= 4 is 143 Å². The van der Waals surface area contributed by atoms with Gasteiger partial charge in [-0.05, 0) is 161 Å². The summed E-state index contributed by atoms with van der Waals surface area (Å²) in [5.41, 5.74) is 10.1. The Morgan fingerprint density at radius 3 is 1.19 bits per heavy atom. The molecule has 0 atom stereocenters. The van der Waals surface area contributed by atoms with Crippen molar-refractivity contribution in [3.05, 3.63) is 319 Å². The lowest BCUT2D eigenvalue weighted by atomic mass is 9.31. The number of aryl methyl sites for hydroxylation is 1. The first-order valence-electron chi connectivity index (χ1n) is 30.8. The highest BCUT2D eigenvalue weighted by molar-refractivity contribution is 8.00. The zero-order chi connectivity index (χ0) is 64.5. The first kappa shape index (κ1) is 57.7. The molecular weight excluding hydrogens is 1220 g/mol. The van der Waals surface area contributed by atoms with Crippen LogP contribution >= 0.6 is 11.8 Å². The molecule has 0 saturated heterocycles. The van der Waals surface area contributed by atoms with Crippen LogP contribution in [0.2, 0.25) is 0 Å². The Hall–Kier alpha value is -11.2. The second kappa shape index (κ2) is 22.5. The molecule has 16 heteroatoms. The minimum absolute atomic E-state index is 0.252. The highest BCUT2D eigenvalue weighted by Crippen LogP contribution is 2.54. The normalized spacial score (nSPS) is 13.0. The Morgan fingerprint density at radius 2 is 0.695 bits per heavy atom. The van der Waals surface area contributed by atoms with Crippen LogP contribution in [0.4, 0.5) is 120 Å². The second-order valence-electron chi connectivity index (χ2n) is 23.8. The van der Waals surface area contributed by atoms with Crippen LogP contribution in [0, 0.1) is 53.5 Å². The van der Waals surface area contributed by atoms with E-state index in [9.17, 15) is 0 Å². The van der Waals surface area contributed by atoms with Crippen LogP contribution in [0.25, 0.3) is 11.1 Å². The van der Waals surface area contributed by atoms with Crippen molar-refractivity contribution in [1.82, 2.24) is 0 Å². The van der Waals surface area contributed by atoms with Gasteiger partial charge in [-0.2, -0.15) is 0 Å². The van der Waals surface area contributed by atoms with Crippen LogP contribution in [0.15, 0.2) is 277 Å². The molecule has 0 fully saturated rings. The molecule has 0 unspecified atom stereocenters. The molecule has 13 aromatic carbocycles. The molecule has 4 aliphatic heterocycles. The Kier molecular flexibility index (Phi) is 13.7. The van der Waals surface area contributed by atoms with E-state index in [1.54, 1.807) is 94.7 Å². The van der Waals surface area contributed by atoms with E-state index in [2.05, 4.69) is 17.0 Å². The fourth-order valence-corrected chi connectivity index (χ4v) is 15.9. The molecule has 95 heavy (non-hydrogen) atoms. The lowest BCUT2D eigenvalue weighted by molar-refractivity contribution is 0.584. The molecule has 456 valence electrons. The summed E-state index contributed by atoms with van der Waals surface area (Å²) >= 11 is 1.40. The van der Waals surface area contributed by atoms with Gasteiger partial charge in [0.2, 0.25) is 6.71 Å². The van der Waals surface area contributed by atoms with Crippen LogP contribution in [0.3, 0.4) is 0 Å². The third-order valence-corrected chi connectivity index (χ3v) is 19.6. The first-order chi connectivity index (χ1) is 46.4. The molecular formula is C79H47B2F8N5S. The van der Waals surface area contributed by atoms with Crippen LogP contribution in [0.1, 0.15) is 5.56 Å². The molecule has 0 amide bonds. The van der Waals surface area contributed by atoms with Gasteiger partial charge >= 0.3 is 0 Å². The number of hydrogen-bond acceptors (Lipinski definition) is 6. The van der Waals surface area contributed by atoms with Gasteiger partial charge in [-0.1, -0.05) is 169 Å². The number of benzene rings is 13. The summed E-state index contributed by atoms with van der Waals surface area (Å²) < 4.78 is 135. The zero-order valence-corrected chi connectivity index (χ0v) is 51.0. The molecule has 0 radical (unpaired) electrons. The lowest BCUT2D eigenvalue weighted by Crippen LogP contribution is -2.64. The van der Waals surface area contributed by atoms with Crippen LogP contribution in [-0.2, 0) is 0 Å². The molecule has 4 heterocycles. The number of anilines is 15. The maximum absolute atomic E-state index is 17.2. The van der Waals surface area contributed by atoms with Gasteiger partial charge in [0.05, 0.1) is 11.4 Å². The van der Waals surface area contributed by atoms with Crippen molar-refractivity contribution in [2.24, 2.45) is 0 Å². The smallest absolute Gasteiger partial charge is 0.252 e. The van der Waals surface area contributed by atoms with E-state index in [1.807, 2.05) is 104 Å². The lowest BCUT2D eigenvalue weighted by Gasteiger charge is -2.46. The molecule has 0 aliphatic carbocycles. The predicted octanol–water partition coefficient (Wildman–Crippen LogP) is 18.6. The zero-order valence-electron chi connectivity index (χ0n) is 50.2. The highest BCUT2D eigenvalue weighted by atomic mass is 32.2. The summed E-state index contributed by atoms with van der Waals surface area (Å²) in [5.74, 6) is -6.81. The quantitative estimate of drug-likeness (QED) is 0.0995. The Bertz CT molecular complexity index is 5240. The molecule has 0 bridgehead atoms. The third kappa shape index (κ3) is 9.02. The first-order valence-corrected chi connectivity index (χ1v) is 31.6. The molecule has 0 aromatic heterocycles. The van der Waals surface area contributed by atoms with Gasteiger partial charge in [-0.3, -0.25) is 0 Å². The standard InChI is InChI=1S/C79H47B2F8N5S/c1-46-20-15-27-52(47-21-5-2-6-22-47)75(46)94-67-45-71-56(81-54-29-12-14-39-66(54)93(79-63(88)36-19-37-64(79)89)70-42-51(43-72(95-71)74(70)81)91(49-25-9-4-10-26-49)77-59(84)32-17-33-60(77)85)44-55(67)80-53-28-11-13-38-65(53)92(78-61(86)34-18-35-62(78)87)68-40-50(41-69(94)73(68)80)90(48-23-7-3-8-24-48)76-57(82)30-16-31-58(76)83/h2-45H,1H3. The third-order valence-electron chi connectivity index (χ3n) is 18.5. The molecule has 4 aliphatic rings. The number of nitrogens with zero attached hydrogens (tertiary/aromatic N) is 5. The van der Waals surface area contributed by atoms with Crippen molar-refractivity contribution in [2.45, 2.75) is 16.7 Å². The summed E-state index contributed by atoms with van der Waals surface area (Å²) in [6, 6.07) is 74.8. The molecule has 0 spiro atoms. The number of hydrogen-bond donors (Lipinski definition) is 0. The van der Waals surface area contributed by atoms with Crippen molar-refractivity contribution in [2.75, 3.05) is 24.5 Å².